The standard InChI is InChI=1S/C16H20BrNOS/c1-10-5-6-11(7-12(10)17)13(19)8-15-18-14(9-20-15)16(2,3)4/h5-7,9,13,19H,8H2,1-4H3. The van der Waals surface area contributed by atoms with Crippen molar-refractivity contribution < 1.29 is 5.11 Å². The zero-order chi connectivity index (χ0) is 14.9. The van der Waals surface area contributed by atoms with Crippen LogP contribution in [0.3, 0.4) is 0 Å². The van der Waals surface area contributed by atoms with E-state index in [4.69, 9.17) is 0 Å². The van der Waals surface area contributed by atoms with Crippen LogP contribution in [0.25, 0.3) is 0 Å². The summed E-state index contributed by atoms with van der Waals surface area (Å²) in [5.41, 5.74) is 3.25. The molecule has 0 aliphatic rings. The molecule has 1 N–H and O–H groups in total. The number of hydrogen-bond donors (Lipinski definition) is 1. The smallest absolute Gasteiger partial charge is 0.0957 e. The highest BCUT2D eigenvalue weighted by Crippen LogP contribution is 2.28. The molecule has 2 nitrogen and oxygen atoms in total. The first kappa shape index (κ1) is 15.7. The van der Waals surface area contributed by atoms with Gasteiger partial charge in [-0.25, -0.2) is 4.98 Å². The fraction of sp³-hybridized carbons (Fsp3) is 0.438. The lowest BCUT2D eigenvalue weighted by molar-refractivity contribution is 0.178. The van der Waals surface area contributed by atoms with E-state index in [0.717, 1.165) is 20.7 Å². The van der Waals surface area contributed by atoms with Gasteiger partial charge in [0.25, 0.3) is 0 Å². The van der Waals surface area contributed by atoms with Gasteiger partial charge >= 0.3 is 0 Å². The lowest BCUT2D eigenvalue weighted by Crippen LogP contribution is -2.12. The van der Waals surface area contributed by atoms with Crippen LogP contribution < -0.4 is 0 Å². The number of aryl methyl sites for hydroxylation is 1. The van der Waals surface area contributed by atoms with E-state index in [9.17, 15) is 5.11 Å². The molecule has 0 bridgehead atoms. The second kappa shape index (κ2) is 5.96. The fourth-order valence-corrected chi connectivity index (χ4v) is 3.30. The van der Waals surface area contributed by atoms with Crippen LogP contribution in [0.4, 0.5) is 0 Å². The number of halogens is 1. The molecule has 0 saturated heterocycles. The summed E-state index contributed by atoms with van der Waals surface area (Å²) in [4.78, 5) is 4.63. The Hall–Kier alpha value is -0.710. The molecule has 1 aromatic heterocycles. The average molecular weight is 354 g/mol. The van der Waals surface area contributed by atoms with Gasteiger partial charge in [0.15, 0.2) is 0 Å². The number of aliphatic hydroxyl groups excluding tert-OH is 1. The van der Waals surface area contributed by atoms with Crippen LogP contribution in [0.5, 0.6) is 0 Å². The van der Waals surface area contributed by atoms with Crippen molar-refractivity contribution in [2.24, 2.45) is 0 Å². The van der Waals surface area contributed by atoms with Crippen molar-refractivity contribution >= 4 is 27.3 Å². The van der Waals surface area contributed by atoms with Crippen molar-refractivity contribution in [3.8, 4) is 0 Å². The van der Waals surface area contributed by atoms with Crippen molar-refractivity contribution in [1.82, 2.24) is 4.98 Å². The number of aliphatic hydroxyl groups is 1. The maximum Gasteiger partial charge on any atom is 0.0957 e. The zero-order valence-electron chi connectivity index (χ0n) is 12.3. The molecule has 1 unspecified atom stereocenters. The lowest BCUT2D eigenvalue weighted by atomic mass is 9.93. The van der Waals surface area contributed by atoms with Gasteiger partial charge in [0.05, 0.1) is 16.8 Å². The van der Waals surface area contributed by atoms with Crippen LogP contribution in [-0.4, -0.2) is 10.1 Å². The minimum atomic E-state index is -0.508. The van der Waals surface area contributed by atoms with Gasteiger partial charge in [-0.1, -0.05) is 48.8 Å². The van der Waals surface area contributed by atoms with Gasteiger partial charge < -0.3 is 5.11 Å². The van der Waals surface area contributed by atoms with Gasteiger partial charge in [-0.3, -0.25) is 0 Å². The first-order valence-corrected chi connectivity index (χ1v) is 8.33. The summed E-state index contributed by atoms with van der Waals surface area (Å²) in [7, 11) is 0. The molecule has 0 radical (unpaired) electrons. The Balaban J connectivity index is 2.13. The number of rotatable bonds is 3. The normalized spacial score (nSPS) is 13.5. The highest BCUT2D eigenvalue weighted by atomic mass is 79.9. The third kappa shape index (κ3) is 3.68. The van der Waals surface area contributed by atoms with Crippen molar-refractivity contribution in [2.45, 2.75) is 45.6 Å². The summed E-state index contributed by atoms with van der Waals surface area (Å²) in [6.45, 7) is 8.49. The summed E-state index contributed by atoms with van der Waals surface area (Å²) >= 11 is 5.13. The van der Waals surface area contributed by atoms with Gasteiger partial charge in [-0.15, -0.1) is 11.3 Å². The molecule has 4 heteroatoms. The average Bonchev–Trinajstić information content (AvgIpc) is 2.81. The number of thiazole rings is 1. The lowest BCUT2D eigenvalue weighted by Gasteiger charge is -2.14. The Morgan fingerprint density at radius 2 is 2.05 bits per heavy atom. The van der Waals surface area contributed by atoms with Crippen LogP contribution in [0.1, 0.15) is 48.7 Å². The van der Waals surface area contributed by atoms with Gasteiger partial charge in [-0.05, 0) is 24.1 Å². The number of aromatic nitrogens is 1. The molecular formula is C16H20BrNOS. The second-order valence-electron chi connectivity index (χ2n) is 6.11. The van der Waals surface area contributed by atoms with Crippen LogP contribution in [-0.2, 0) is 11.8 Å². The van der Waals surface area contributed by atoms with Crippen LogP contribution in [0.2, 0.25) is 0 Å². The van der Waals surface area contributed by atoms with E-state index in [0.29, 0.717) is 6.42 Å². The van der Waals surface area contributed by atoms with E-state index >= 15 is 0 Å². The van der Waals surface area contributed by atoms with Crippen molar-refractivity contribution in [1.29, 1.82) is 0 Å². The molecule has 20 heavy (non-hydrogen) atoms. The Morgan fingerprint density at radius 1 is 1.35 bits per heavy atom. The first-order valence-electron chi connectivity index (χ1n) is 6.66. The topological polar surface area (TPSA) is 33.1 Å². The van der Waals surface area contributed by atoms with Gasteiger partial charge in [0.1, 0.15) is 0 Å². The summed E-state index contributed by atoms with van der Waals surface area (Å²) in [5.74, 6) is 0. The van der Waals surface area contributed by atoms with Crippen LogP contribution >= 0.6 is 27.3 Å². The highest BCUT2D eigenvalue weighted by Gasteiger charge is 2.19. The van der Waals surface area contributed by atoms with Crippen molar-refractivity contribution in [3.63, 3.8) is 0 Å². The van der Waals surface area contributed by atoms with E-state index in [1.165, 1.54) is 5.56 Å². The van der Waals surface area contributed by atoms with E-state index in [2.05, 4.69) is 47.1 Å². The summed E-state index contributed by atoms with van der Waals surface area (Å²) in [6, 6.07) is 5.98. The molecule has 0 spiro atoms. The molecular weight excluding hydrogens is 334 g/mol. The van der Waals surface area contributed by atoms with Crippen LogP contribution in [0.15, 0.2) is 28.1 Å². The molecule has 0 aliphatic heterocycles. The molecule has 0 amide bonds. The third-order valence-corrected chi connectivity index (χ3v) is 4.99. The van der Waals surface area contributed by atoms with E-state index in [1.807, 2.05) is 25.1 Å². The van der Waals surface area contributed by atoms with E-state index in [-0.39, 0.29) is 5.41 Å². The predicted molar refractivity (Wildman–Crippen MR) is 88.4 cm³/mol. The predicted octanol–water partition coefficient (Wildman–Crippen LogP) is 4.79. The quantitative estimate of drug-likeness (QED) is 0.860. The molecule has 1 aromatic carbocycles. The molecule has 2 aromatic rings. The van der Waals surface area contributed by atoms with Crippen molar-refractivity contribution in [3.05, 3.63) is 49.9 Å². The van der Waals surface area contributed by atoms with Crippen molar-refractivity contribution in [2.75, 3.05) is 0 Å². The Labute approximate surface area is 133 Å². The molecule has 0 aliphatic carbocycles. The van der Waals surface area contributed by atoms with E-state index < -0.39 is 6.10 Å². The minimum absolute atomic E-state index is 0.0621. The first-order chi connectivity index (χ1) is 9.27. The molecule has 1 heterocycles. The highest BCUT2D eigenvalue weighted by molar-refractivity contribution is 9.10. The Bertz CT molecular complexity index is 601. The molecule has 108 valence electrons. The zero-order valence-corrected chi connectivity index (χ0v) is 14.7. The maximum atomic E-state index is 10.3. The number of benzene rings is 1. The molecule has 0 fully saturated rings. The van der Waals surface area contributed by atoms with Crippen LogP contribution in [0, 0.1) is 6.92 Å². The maximum absolute atomic E-state index is 10.3. The van der Waals surface area contributed by atoms with Gasteiger partial charge in [0, 0.05) is 21.7 Å². The largest absolute Gasteiger partial charge is 0.388 e. The summed E-state index contributed by atoms with van der Waals surface area (Å²) in [6.07, 6.45) is 0.0573. The second-order valence-corrected chi connectivity index (χ2v) is 7.90. The summed E-state index contributed by atoms with van der Waals surface area (Å²) < 4.78 is 1.03. The van der Waals surface area contributed by atoms with E-state index in [1.54, 1.807) is 11.3 Å². The molecule has 1 atom stereocenters. The molecule has 2 rings (SSSR count). The number of hydrogen-bond acceptors (Lipinski definition) is 3. The fourth-order valence-electron chi connectivity index (χ4n) is 1.85. The Morgan fingerprint density at radius 3 is 2.60 bits per heavy atom. The SMILES string of the molecule is Cc1ccc(C(O)Cc2nc(C(C)(C)C)cs2)cc1Br. The molecule has 0 saturated carbocycles. The third-order valence-electron chi connectivity index (χ3n) is 3.27. The number of nitrogens with zero attached hydrogens (tertiary/aromatic N) is 1. The monoisotopic (exact) mass is 353 g/mol. The van der Waals surface area contributed by atoms with Gasteiger partial charge in [0.2, 0.25) is 0 Å². The summed E-state index contributed by atoms with van der Waals surface area (Å²) in [5, 5.41) is 13.4. The Kier molecular flexibility index (Phi) is 4.67. The van der Waals surface area contributed by atoms with Gasteiger partial charge in [-0.2, -0.15) is 0 Å². The minimum Gasteiger partial charge on any atom is -0.388 e.